The fourth-order valence-electron chi connectivity index (χ4n) is 3.62. The predicted octanol–water partition coefficient (Wildman–Crippen LogP) is 2.38. The van der Waals surface area contributed by atoms with Gasteiger partial charge in [0.15, 0.2) is 0 Å². The van der Waals surface area contributed by atoms with Crippen molar-refractivity contribution >= 4 is 5.57 Å². The van der Waals surface area contributed by atoms with E-state index in [0.717, 1.165) is 25.1 Å². The average Bonchev–Trinajstić information content (AvgIpc) is 2.51. The molecule has 1 atom stereocenters. The van der Waals surface area contributed by atoms with Crippen molar-refractivity contribution < 1.29 is 0 Å². The maximum Gasteiger partial charge on any atom is 0.253 e. The maximum atomic E-state index is 12.5. The van der Waals surface area contributed by atoms with E-state index >= 15 is 0 Å². The molecule has 0 bridgehead atoms. The number of hydrogen-bond acceptors (Lipinski definition) is 3. The van der Waals surface area contributed by atoms with Crippen LogP contribution >= 0.6 is 0 Å². The first kappa shape index (κ1) is 16.1. The van der Waals surface area contributed by atoms with Crippen molar-refractivity contribution in [1.82, 2.24) is 14.4 Å². The van der Waals surface area contributed by atoms with Gasteiger partial charge in [-0.2, -0.15) is 0 Å². The second-order valence-corrected chi connectivity index (χ2v) is 7.13. The summed E-state index contributed by atoms with van der Waals surface area (Å²) in [7, 11) is 3.98. The second-order valence-electron chi connectivity index (χ2n) is 7.13. The molecule has 124 valence electrons. The van der Waals surface area contributed by atoms with E-state index in [2.05, 4.69) is 56.0 Å². The molecule has 23 heavy (non-hydrogen) atoms. The van der Waals surface area contributed by atoms with Crippen molar-refractivity contribution in [3.8, 4) is 0 Å². The topological polar surface area (TPSA) is 28.5 Å². The molecular formula is C19H27N3O. The molecular weight excluding hydrogens is 286 g/mol. The third-order valence-corrected chi connectivity index (χ3v) is 4.98. The Morgan fingerprint density at radius 2 is 1.96 bits per heavy atom. The molecule has 3 rings (SSSR count). The van der Waals surface area contributed by atoms with Gasteiger partial charge in [0, 0.05) is 55.7 Å². The van der Waals surface area contributed by atoms with Gasteiger partial charge in [0.05, 0.1) is 0 Å². The zero-order valence-corrected chi connectivity index (χ0v) is 14.8. The quantitative estimate of drug-likeness (QED) is 0.839. The summed E-state index contributed by atoms with van der Waals surface area (Å²) in [4.78, 5) is 17.1. The number of allylic oxidation sites excluding steroid dienone is 2. The molecule has 2 aliphatic rings. The number of aromatic nitrogens is 1. The van der Waals surface area contributed by atoms with E-state index in [4.69, 9.17) is 0 Å². The number of hydrogen-bond donors (Lipinski definition) is 0. The highest BCUT2D eigenvalue weighted by Crippen LogP contribution is 2.29. The molecule has 0 N–H and O–H groups in total. The molecule has 4 heteroatoms. The molecule has 1 aromatic rings. The SMILES string of the molecule is CC(C)N1C=C(c2cn(C)c(=O)c3c2CN(C)CC3)C=CC1C. The van der Waals surface area contributed by atoms with Gasteiger partial charge in [-0.15, -0.1) is 0 Å². The lowest BCUT2D eigenvalue weighted by Crippen LogP contribution is -2.36. The smallest absolute Gasteiger partial charge is 0.253 e. The summed E-state index contributed by atoms with van der Waals surface area (Å²) in [6.07, 6.45) is 9.56. The average molecular weight is 313 g/mol. The summed E-state index contributed by atoms with van der Waals surface area (Å²) < 4.78 is 1.74. The lowest BCUT2D eigenvalue weighted by molar-refractivity contribution is 0.275. The summed E-state index contributed by atoms with van der Waals surface area (Å²) in [5.74, 6) is 0. The number of likely N-dealkylation sites (N-methyl/N-ethyl adjacent to an activating group) is 1. The molecule has 4 nitrogen and oxygen atoms in total. The molecule has 2 aliphatic heterocycles. The van der Waals surface area contributed by atoms with E-state index < -0.39 is 0 Å². The predicted molar refractivity (Wildman–Crippen MR) is 95.3 cm³/mol. The van der Waals surface area contributed by atoms with E-state index in [1.54, 1.807) is 4.57 Å². The van der Waals surface area contributed by atoms with Gasteiger partial charge in [0.2, 0.25) is 0 Å². The maximum absolute atomic E-state index is 12.5. The van der Waals surface area contributed by atoms with Crippen LogP contribution in [0.2, 0.25) is 0 Å². The van der Waals surface area contributed by atoms with Crippen LogP contribution in [-0.2, 0) is 20.0 Å². The minimum Gasteiger partial charge on any atom is -0.368 e. The van der Waals surface area contributed by atoms with Gasteiger partial charge in [-0.05, 0) is 45.4 Å². The summed E-state index contributed by atoms with van der Waals surface area (Å²) in [5, 5.41) is 0. The Morgan fingerprint density at radius 1 is 1.22 bits per heavy atom. The molecule has 0 saturated carbocycles. The highest BCUT2D eigenvalue weighted by atomic mass is 16.1. The van der Waals surface area contributed by atoms with Crippen LogP contribution in [0.1, 0.15) is 37.5 Å². The van der Waals surface area contributed by atoms with Crippen LogP contribution in [-0.4, -0.2) is 40.0 Å². The highest BCUT2D eigenvalue weighted by Gasteiger charge is 2.24. The van der Waals surface area contributed by atoms with Crippen LogP contribution in [0.15, 0.2) is 29.3 Å². The fraction of sp³-hybridized carbons (Fsp3) is 0.526. The van der Waals surface area contributed by atoms with Crippen molar-refractivity contribution in [1.29, 1.82) is 0 Å². The number of aryl methyl sites for hydroxylation is 1. The van der Waals surface area contributed by atoms with Crippen LogP contribution < -0.4 is 5.56 Å². The van der Waals surface area contributed by atoms with Gasteiger partial charge in [-0.1, -0.05) is 12.2 Å². The molecule has 0 spiro atoms. The van der Waals surface area contributed by atoms with Crippen LogP contribution in [0.3, 0.4) is 0 Å². The van der Waals surface area contributed by atoms with Crippen LogP contribution in [0.25, 0.3) is 5.57 Å². The standard InChI is InChI=1S/C19H27N3O/c1-13(2)22-10-15(7-6-14(22)3)17-12-21(5)19(23)16-8-9-20(4)11-18(16)17/h6-7,10,12-14H,8-9,11H2,1-5H3. The Labute approximate surface area is 138 Å². The van der Waals surface area contributed by atoms with Gasteiger partial charge in [0.25, 0.3) is 5.56 Å². The Hall–Kier alpha value is -1.81. The normalized spacial score (nSPS) is 21.6. The molecule has 0 saturated heterocycles. The van der Waals surface area contributed by atoms with Crippen LogP contribution in [0.4, 0.5) is 0 Å². The van der Waals surface area contributed by atoms with E-state index in [1.165, 1.54) is 16.7 Å². The first-order chi connectivity index (χ1) is 10.9. The van der Waals surface area contributed by atoms with Gasteiger partial charge < -0.3 is 14.4 Å². The monoisotopic (exact) mass is 313 g/mol. The van der Waals surface area contributed by atoms with Gasteiger partial charge in [-0.3, -0.25) is 4.79 Å². The lowest BCUT2D eigenvalue weighted by atomic mass is 9.92. The van der Waals surface area contributed by atoms with Crippen molar-refractivity contribution in [2.75, 3.05) is 13.6 Å². The zero-order valence-electron chi connectivity index (χ0n) is 14.8. The molecule has 3 heterocycles. The second kappa shape index (κ2) is 6.00. The van der Waals surface area contributed by atoms with E-state index in [1.807, 2.05) is 13.2 Å². The third kappa shape index (κ3) is 2.88. The number of fused-ring (bicyclic) bond motifs is 1. The molecule has 0 aliphatic carbocycles. The van der Waals surface area contributed by atoms with Crippen molar-refractivity contribution in [3.63, 3.8) is 0 Å². The first-order valence-corrected chi connectivity index (χ1v) is 8.46. The van der Waals surface area contributed by atoms with Gasteiger partial charge >= 0.3 is 0 Å². The summed E-state index contributed by atoms with van der Waals surface area (Å²) in [5.41, 5.74) is 4.76. The first-order valence-electron chi connectivity index (χ1n) is 8.46. The van der Waals surface area contributed by atoms with Crippen LogP contribution in [0.5, 0.6) is 0 Å². The largest absolute Gasteiger partial charge is 0.368 e. The zero-order chi connectivity index (χ0) is 16.7. The molecule has 1 unspecified atom stereocenters. The molecule has 0 amide bonds. The number of nitrogens with zero attached hydrogens (tertiary/aromatic N) is 3. The molecule has 1 aromatic heterocycles. The highest BCUT2D eigenvalue weighted by molar-refractivity contribution is 5.77. The fourth-order valence-corrected chi connectivity index (χ4v) is 3.62. The molecule has 0 fully saturated rings. The summed E-state index contributed by atoms with van der Waals surface area (Å²) >= 11 is 0. The Bertz CT molecular complexity index is 727. The van der Waals surface area contributed by atoms with Crippen LogP contribution in [0, 0.1) is 0 Å². The minimum atomic E-state index is 0.159. The van der Waals surface area contributed by atoms with Crippen molar-refractivity contribution in [2.24, 2.45) is 7.05 Å². The number of rotatable bonds is 2. The Balaban J connectivity index is 2.13. The van der Waals surface area contributed by atoms with E-state index in [-0.39, 0.29) is 5.56 Å². The van der Waals surface area contributed by atoms with Crippen molar-refractivity contribution in [3.05, 3.63) is 51.6 Å². The summed E-state index contributed by atoms with van der Waals surface area (Å²) in [6.45, 7) is 8.45. The minimum absolute atomic E-state index is 0.159. The van der Waals surface area contributed by atoms with Crippen molar-refractivity contribution in [2.45, 2.75) is 45.8 Å². The third-order valence-electron chi connectivity index (χ3n) is 4.98. The van der Waals surface area contributed by atoms with E-state index in [0.29, 0.717) is 12.1 Å². The van der Waals surface area contributed by atoms with E-state index in [9.17, 15) is 4.79 Å². The summed E-state index contributed by atoms with van der Waals surface area (Å²) in [6, 6.07) is 0.862. The Kier molecular flexibility index (Phi) is 4.19. The molecule has 0 radical (unpaired) electrons. The molecule has 0 aromatic carbocycles. The lowest BCUT2D eigenvalue weighted by Gasteiger charge is -2.34. The van der Waals surface area contributed by atoms with Gasteiger partial charge in [0.1, 0.15) is 0 Å². The van der Waals surface area contributed by atoms with Gasteiger partial charge in [-0.25, -0.2) is 0 Å². The Morgan fingerprint density at radius 3 is 2.65 bits per heavy atom. The number of pyridine rings is 1.